The Balaban J connectivity index is 1.60. The summed E-state index contributed by atoms with van der Waals surface area (Å²) >= 11 is 1.13. The summed E-state index contributed by atoms with van der Waals surface area (Å²) in [4.78, 5) is 33.0. The molecular weight excluding hydrogens is 512 g/mol. The maximum Gasteiger partial charge on any atom is 0.348 e. The lowest BCUT2D eigenvalue weighted by atomic mass is 9.79. The molecule has 2 N–H and O–H groups in total. The molecule has 0 saturated heterocycles. The standard InChI is InChI=1S/C31H40N2O5S/c1-21-7-9-22(10-8-21)28(34)33(26-18-25(13-14-30(2,3)4)39-27(26)29(35)36)23-11-15-31(37,16-12-23)20-38-24-6-5-17-32-19-24/h5-6,17-19,21-23,37H,7-12,15-16,20H2,1-4H3,(H,35,36). The van der Waals surface area contributed by atoms with Gasteiger partial charge in [-0.05, 0) is 96.3 Å². The Morgan fingerprint density at radius 1 is 1.18 bits per heavy atom. The number of carboxylic acid groups (broad SMARTS) is 1. The highest BCUT2D eigenvalue weighted by atomic mass is 32.1. The van der Waals surface area contributed by atoms with Crippen LogP contribution in [0.5, 0.6) is 5.75 Å². The van der Waals surface area contributed by atoms with Crippen molar-refractivity contribution < 1.29 is 24.5 Å². The van der Waals surface area contributed by atoms with E-state index in [2.05, 4.69) is 23.7 Å². The zero-order chi connectivity index (χ0) is 28.2. The van der Waals surface area contributed by atoms with Gasteiger partial charge >= 0.3 is 5.97 Å². The molecule has 0 unspecified atom stereocenters. The van der Waals surface area contributed by atoms with E-state index in [1.165, 1.54) is 0 Å². The van der Waals surface area contributed by atoms with Gasteiger partial charge in [-0.2, -0.15) is 0 Å². The van der Waals surface area contributed by atoms with Gasteiger partial charge in [0.05, 0.1) is 22.4 Å². The number of anilines is 1. The molecule has 210 valence electrons. The lowest BCUT2D eigenvalue weighted by Gasteiger charge is -2.42. The SMILES string of the molecule is CC1CCC(C(=O)N(c2cc(C#CC(C)(C)C)sc2C(=O)O)C2CCC(O)(COc3cccnc3)CC2)CC1. The third-order valence-corrected chi connectivity index (χ3v) is 8.75. The zero-order valence-electron chi connectivity index (χ0n) is 23.4. The predicted octanol–water partition coefficient (Wildman–Crippen LogP) is 6.15. The van der Waals surface area contributed by atoms with Gasteiger partial charge in [-0.25, -0.2) is 4.79 Å². The van der Waals surface area contributed by atoms with Crippen LogP contribution >= 0.6 is 11.3 Å². The van der Waals surface area contributed by atoms with Gasteiger partial charge in [0.15, 0.2) is 0 Å². The molecular formula is C31H40N2O5S. The summed E-state index contributed by atoms with van der Waals surface area (Å²) in [5, 5.41) is 21.4. The largest absolute Gasteiger partial charge is 0.489 e. The molecule has 2 aromatic rings. The fourth-order valence-corrected chi connectivity index (χ4v) is 6.26. The summed E-state index contributed by atoms with van der Waals surface area (Å²) in [5.41, 5.74) is -0.806. The van der Waals surface area contributed by atoms with Crippen molar-refractivity contribution in [3.63, 3.8) is 0 Å². The van der Waals surface area contributed by atoms with Crippen LogP contribution in [0.1, 0.15) is 93.6 Å². The second-order valence-electron chi connectivity index (χ2n) is 12.2. The Kier molecular flexibility index (Phi) is 9.03. The van der Waals surface area contributed by atoms with Crippen LogP contribution < -0.4 is 9.64 Å². The van der Waals surface area contributed by atoms with Gasteiger partial charge in [-0.3, -0.25) is 9.78 Å². The average Bonchev–Trinajstić information content (AvgIpc) is 3.33. The van der Waals surface area contributed by atoms with Crippen molar-refractivity contribution in [1.82, 2.24) is 4.98 Å². The fraction of sp³-hybridized carbons (Fsp3) is 0.581. The van der Waals surface area contributed by atoms with Crippen LogP contribution in [0, 0.1) is 29.1 Å². The van der Waals surface area contributed by atoms with E-state index >= 15 is 0 Å². The van der Waals surface area contributed by atoms with Gasteiger partial charge in [-0.1, -0.05) is 18.8 Å². The third-order valence-electron chi connectivity index (χ3n) is 7.72. The van der Waals surface area contributed by atoms with Gasteiger partial charge in [0.2, 0.25) is 5.91 Å². The lowest BCUT2D eigenvalue weighted by Crippen LogP contribution is -2.50. The highest BCUT2D eigenvalue weighted by Gasteiger charge is 2.41. The first-order valence-electron chi connectivity index (χ1n) is 13.9. The molecule has 2 aliphatic rings. The van der Waals surface area contributed by atoms with Crippen molar-refractivity contribution in [1.29, 1.82) is 0 Å². The van der Waals surface area contributed by atoms with Crippen molar-refractivity contribution in [2.45, 2.75) is 90.7 Å². The molecule has 2 heterocycles. The van der Waals surface area contributed by atoms with Crippen LogP contribution in [0.25, 0.3) is 0 Å². The summed E-state index contributed by atoms with van der Waals surface area (Å²) in [7, 11) is 0. The number of thiophene rings is 1. The molecule has 0 radical (unpaired) electrons. The number of aromatic carboxylic acids is 1. The summed E-state index contributed by atoms with van der Waals surface area (Å²) in [5.74, 6) is 6.34. The van der Waals surface area contributed by atoms with Gasteiger partial charge < -0.3 is 19.8 Å². The number of rotatable bonds is 7. The summed E-state index contributed by atoms with van der Waals surface area (Å²) in [6, 6.07) is 5.17. The van der Waals surface area contributed by atoms with E-state index in [4.69, 9.17) is 4.74 Å². The Hall–Kier alpha value is -2.89. The molecule has 2 fully saturated rings. The number of aromatic nitrogens is 1. The quantitative estimate of drug-likeness (QED) is 0.400. The van der Waals surface area contributed by atoms with Crippen LogP contribution in [0.15, 0.2) is 30.6 Å². The van der Waals surface area contributed by atoms with Crippen molar-refractivity contribution in [2.75, 3.05) is 11.5 Å². The Morgan fingerprint density at radius 3 is 2.46 bits per heavy atom. The molecule has 8 heteroatoms. The van der Waals surface area contributed by atoms with Crippen molar-refractivity contribution in [3.8, 4) is 17.6 Å². The molecule has 39 heavy (non-hydrogen) atoms. The van der Waals surface area contributed by atoms with Crippen LogP contribution in [0.2, 0.25) is 0 Å². The number of amides is 1. The van der Waals surface area contributed by atoms with Crippen LogP contribution in [-0.2, 0) is 4.79 Å². The van der Waals surface area contributed by atoms with Gasteiger partial charge in [0.25, 0.3) is 0 Å². The van der Waals surface area contributed by atoms with Crippen LogP contribution in [-0.4, -0.2) is 45.3 Å². The van der Waals surface area contributed by atoms with Crippen LogP contribution in [0.3, 0.4) is 0 Å². The van der Waals surface area contributed by atoms with Crippen molar-refractivity contribution in [3.05, 3.63) is 40.3 Å². The van der Waals surface area contributed by atoms with Gasteiger partial charge in [0.1, 0.15) is 17.2 Å². The highest BCUT2D eigenvalue weighted by Crippen LogP contribution is 2.40. The number of aliphatic hydroxyl groups is 1. The number of carbonyl (C=O) groups excluding carboxylic acids is 1. The predicted molar refractivity (Wildman–Crippen MR) is 153 cm³/mol. The molecule has 2 aromatic heterocycles. The molecule has 1 amide bonds. The zero-order valence-corrected chi connectivity index (χ0v) is 24.2. The summed E-state index contributed by atoms with van der Waals surface area (Å²) < 4.78 is 5.81. The van der Waals surface area contributed by atoms with E-state index in [1.807, 2.05) is 20.8 Å². The van der Waals surface area contributed by atoms with E-state index in [1.54, 1.807) is 35.5 Å². The maximum atomic E-state index is 14.1. The molecule has 0 aliphatic heterocycles. The summed E-state index contributed by atoms with van der Waals surface area (Å²) in [6.07, 6.45) is 8.92. The smallest absolute Gasteiger partial charge is 0.348 e. The average molecular weight is 553 g/mol. The first kappa shape index (κ1) is 29.1. The third kappa shape index (κ3) is 7.61. The van der Waals surface area contributed by atoms with Crippen molar-refractivity contribution in [2.24, 2.45) is 17.3 Å². The van der Waals surface area contributed by atoms with Crippen molar-refractivity contribution >= 4 is 28.9 Å². The molecule has 2 saturated carbocycles. The Labute approximate surface area is 235 Å². The molecule has 4 rings (SSSR count). The molecule has 2 aliphatic carbocycles. The number of carbonyl (C=O) groups is 2. The molecule has 0 bridgehead atoms. The number of ether oxygens (including phenoxy) is 1. The van der Waals surface area contributed by atoms with E-state index in [0.717, 1.165) is 37.0 Å². The van der Waals surface area contributed by atoms with E-state index < -0.39 is 11.6 Å². The monoisotopic (exact) mass is 552 g/mol. The van der Waals surface area contributed by atoms with E-state index in [-0.39, 0.29) is 34.8 Å². The summed E-state index contributed by atoms with van der Waals surface area (Å²) in [6.45, 7) is 8.38. The normalized spacial score (nSPS) is 25.3. The lowest BCUT2D eigenvalue weighted by molar-refractivity contribution is -0.124. The highest BCUT2D eigenvalue weighted by molar-refractivity contribution is 7.15. The molecule has 7 nitrogen and oxygen atoms in total. The number of pyridine rings is 1. The molecule has 0 spiro atoms. The van der Waals surface area contributed by atoms with E-state index in [9.17, 15) is 19.8 Å². The minimum absolute atomic E-state index is 0.000389. The Bertz CT molecular complexity index is 1210. The minimum Gasteiger partial charge on any atom is -0.489 e. The maximum absolute atomic E-state index is 14.1. The van der Waals surface area contributed by atoms with Crippen LogP contribution in [0.4, 0.5) is 5.69 Å². The van der Waals surface area contributed by atoms with Gasteiger partial charge in [-0.15, -0.1) is 11.3 Å². The van der Waals surface area contributed by atoms with E-state index in [0.29, 0.717) is 47.9 Å². The van der Waals surface area contributed by atoms with Gasteiger partial charge in [0, 0.05) is 23.6 Å². The second kappa shape index (κ2) is 12.1. The number of hydrogen-bond acceptors (Lipinski definition) is 6. The second-order valence-corrected chi connectivity index (χ2v) is 13.3. The number of hydrogen-bond donors (Lipinski definition) is 2. The Morgan fingerprint density at radius 2 is 1.87 bits per heavy atom. The number of carboxylic acids is 1. The minimum atomic E-state index is -1.05. The molecule has 0 aromatic carbocycles. The first-order chi connectivity index (χ1) is 18.4. The number of nitrogens with zero attached hydrogens (tertiary/aromatic N) is 2. The first-order valence-corrected chi connectivity index (χ1v) is 14.7. The molecule has 0 atom stereocenters. The topological polar surface area (TPSA) is 100.0 Å². The fourth-order valence-electron chi connectivity index (χ4n) is 5.42.